The summed E-state index contributed by atoms with van der Waals surface area (Å²) in [5.41, 5.74) is 0. The topological polar surface area (TPSA) is 37.4 Å². The number of nitrogens with zero attached hydrogens (tertiary/aromatic N) is 1. The zero-order chi connectivity index (χ0) is 14.2. The second-order valence-corrected chi connectivity index (χ2v) is 4.78. The Morgan fingerprint density at radius 3 is 2.22 bits per heavy atom. The highest BCUT2D eigenvalue weighted by atomic mass is 79.9. The quantitative estimate of drug-likeness (QED) is 0.506. The summed E-state index contributed by atoms with van der Waals surface area (Å²) in [5, 5.41) is 0.743. The third-order valence-corrected chi connectivity index (χ3v) is 2.97. The molecule has 1 amide bonds. The number of alkyl halides is 4. The van der Waals surface area contributed by atoms with E-state index in [1.54, 1.807) is 7.05 Å². The molecule has 0 heterocycles. The summed E-state index contributed by atoms with van der Waals surface area (Å²) in [5.74, 6) is -1.73. The first-order valence-corrected chi connectivity index (χ1v) is 6.81. The number of carbonyl (C=O) groups excluding carboxylic acids is 2. The average molecular weight is 332 g/mol. The first-order chi connectivity index (χ1) is 8.29. The molecule has 0 unspecified atom stereocenters. The Kier molecular flexibility index (Phi) is 8.22. The molecular weight excluding hydrogens is 315 g/mol. The van der Waals surface area contributed by atoms with Crippen molar-refractivity contribution in [1.29, 1.82) is 0 Å². The summed E-state index contributed by atoms with van der Waals surface area (Å²) in [6.07, 6.45) is -3.55. The Balaban J connectivity index is 3.72. The van der Waals surface area contributed by atoms with Gasteiger partial charge >= 0.3 is 6.18 Å². The van der Waals surface area contributed by atoms with Crippen LogP contribution in [0.4, 0.5) is 13.2 Å². The van der Waals surface area contributed by atoms with Gasteiger partial charge in [-0.25, -0.2) is 0 Å². The second-order valence-electron chi connectivity index (χ2n) is 3.99. The highest BCUT2D eigenvalue weighted by Gasteiger charge is 2.37. The van der Waals surface area contributed by atoms with Crippen molar-refractivity contribution in [2.45, 2.75) is 38.3 Å². The average Bonchev–Trinajstić information content (AvgIpc) is 2.29. The van der Waals surface area contributed by atoms with E-state index in [2.05, 4.69) is 15.9 Å². The molecule has 0 saturated heterocycles. The first kappa shape index (κ1) is 17.4. The van der Waals surface area contributed by atoms with Crippen LogP contribution in [0.2, 0.25) is 0 Å². The normalized spacial score (nSPS) is 11.4. The molecule has 0 radical (unpaired) electrons. The van der Waals surface area contributed by atoms with E-state index in [9.17, 15) is 22.8 Å². The van der Waals surface area contributed by atoms with Crippen molar-refractivity contribution in [3.8, 4) is 0 Å². The Labute approximate surface area is 113 Å². The maximum Gasteiger partial charge on any atom is 0.449 e. The molecule has 0 saturated carbocycles. The van der Waals surface area contributed by atoms with Crippen molar-refractivity contribution in [2.75, 3.05) is 18.9 Å². The summed E-state index contributed by atoms with van der Waals surface area (Å²) in [7, 11) is 1.61. The Hall–Kier alpha value is -0.590. The van der Waals surface area contributed by atoms with Crippen LogP contribution in [0.1, 0.15) is 32.1 Å². The van der Waals surface area contributed by atoms with Crippen LogP contribution in [0.5, 0.6) is 0 Å². The van der Waals surface area contributed by atoms with Gasteiger partial charge in [0.2, 0.25) is 11.7 Å². The lowest BCUT2D eigenvalue weighted by molar-refractivity contribution is -0.171. The number of carbonyl (C=O) groups is 2. The predicted octanol–water partition coefficient (Wildman–Crippen LogP) is 2.92. The molecule has 0 aromatic heterocycles. The number of hydrogen-bond acceptors (Lipinski definition) is 2. The van der Waals surface area contributed by atoms with Crippen LogP contribution in [-0.4, -0.2) is 41.7 Å². The number of halogens is 4. The largest absolute Gasteiger partial charge is 0.449 e. The third-order valence-electron chi connectivity index (χ3n) is 2.41. The monoisotopic (exact) mass is 331 g/mol. The van der Waals surface area contributed by atoms with E-state index in [-0.39, 0.29) is 12.3 Å². The van der Waals surface area contributed by atoms with Gasteiger partial charge in [0.05, 0.1) is 0 Å². The molecule has 0 N–H and O–H groups in total. The van der Waals surface area contributed by atoms with Crippen LogP contribution in [0.15, 0.2) is 0 Å². The van der Waals surface area contributed by atoms with Crippen molar-refractivity contribution in [3.63, 3.8) is 0 Å². The number of unbranched alkanes of at least 4 members (excludes halogenated alkanes) is 1. The van der Waals surface area contributed by atoms with Crippen molar-refractivity contribution in [1.82, 2.24) is 4.90 Å². The van der Waals surface area contributed by atoms with Crippen LogP contribution in [0, 0.1) is 0 Å². The van der Waals surface area contributed by atoms with Crippen molar-refractivity contribution in [3.05, 3.63) is 0 Å². The maximum absolute atomic E-state index is 11.9. The minimum atomic E-state index is -4.74. The highest BCUT2D eigenvalue weighted by Crippen LogP contribution is 2.19. The number of amides is 1. The van der Waals surface area contributed by atoms with Gasteiger partial charge in [-0.3, -0.25) is 9.59 Å². The molecule has 3 nitrogen and oxygen atoms in total. The Morgan fingerprint density at radius 2 is 1.72 bits per heavy atom. The van der Waals surface area contributed by atoms with Crippen LogP contribution in [0.25, 0.3) is 0 Å². The Bertz CT molecular complexity index is 282. The summed E-state index contributed by atoms with van der Waals surface area (Å²) in [6.45, 7) is 0.381. The zero-order valence-corrected chi connectivity index (χ0v) is 11.8. The van der Waals surface area contributed by atoms with Crippen LogP contribution < -0.4 is 0 Å². The molecule has 0 rings (SSSR count). The minimum absolute atomic E-state index is 0.0309. The lowest BCUT2D eigenvalue weighted by Gasteiger charge is -2.16. The third kappa shape index (κ3) is 7.68. The molecule has 106 valence electrons. The second kappa shape index (κ2) is 8.50. The van der Waals surface area contributed by atoms with E-state index in [1.165, 1.54) is 4.90 Å². The van der Waals surface area contributed by atoms with Crippen molar-refractivity contribution >= 4 is 27.6 Å². The molecule has 0 aliphatic carbocycles. The van der Waals surface area contributed by atoms with Gasteiger partial charge in [0, 0.05) is 31.8 Å². The van der Waals surface area contributed by atoms with E-state index in [0.717, 1.165) is 11.8 Å². The highest BCUT2D eigenvalue weighted by molar-refractivity contribution is 9.09. The predicted molar refractivity (Wildman–Crippen MR) is 65.6 cm³/mol. The summed E-state index contributed by atoms with van der Waals surface area (Å²) < 4.78 is 35.7. The first-order valence-electron chi connectivity index (χ1n) is 5.69. The molecule has 0 spiro atoms. The fourth-order valence-corrected chi connectivity index (χ4v) is 1.59. The van der Waals surface area contributed by atoms with E-state index in [1.807, 2.05) is 0 Å². The number of Topliss-reactive ketones (excluding diaryl/α,β-unsaturated/α-hetero) is 1. The van der Waals surface area contributed by atoms with Gasteiger partial charge in [-0.15, -0.1) is 0 Å². The van der Waals surface area contributed by atoms with Gasteiger partial charge in [0.15, 0.2) is 0 Å². The van der Waals surface area contributed by atoms with Gasteiger partial charge in [0.25, 0.3) is 0 Å². The van der Waals surface area contributed by atoms with Crippen LogP contribution >= 0.6 is 15.9 Å². The molecule has 0 aromatic carbocycles. The number of hydrogen-bond donors (Lipinski definition) is 0. The lowest BCUT2D eigenvalue weighted by atomic mass is 10.1. The van der Waals surface area contributed by atoms with Crippen LogP contribution in [-0.2, 0) is 9.59 Å². The van der Waals surface area contributed by atoms with Gasteiger partial charge in [0.1, 0.15) is 0 Å². The zero-order valence-electron chi connectivity index (χ0n) is 10.2. The molecule has 18 heavy (non-hydrogen) atoms. The molecule has 0 aliphatic rings. The van der Waals surface area contributed by atoms with E-state index >= 15 is 0 Å². The van der Waals surface area contributed by atoms with Crippen molar-refractivity contribution < 1.29 is 22.8 Å². The van der Waals surface area contributed by atoms with Gasteiger partial charge in [-0.1, -0.05) is 15.9 Å². The van der Waals surface area contributed by atoms with E-state index < -0.39 is 18.4 Å². The smallest absolute Gasteiger partial charge is 0.346 e. The van der Waals surface area contributed by atoms with Crippen LogP contribution in [0.3, 0.4) is 0 Å². The number of ketones is 1. The molecule has 0 aromatic rings. The van der Waals surface area contributed by atoms with E-state index in [4.69, 9.17) is 0 Å². The summed E-state index contributed by atoms with van der Waals surface area (Å²) >= 11 is 3.21. The fraction of sp³-hybridized carbons (Fsp3) is 0.818. The number of rotatable bonds is 8. The fourth-order valence-electron chi connectivity index (χ4n) is 1.31. The standard InChI is InChI=1S/C11H17BrF3NO2/c1-16(10(18)6-4-7-12)8-3-2-5-9(17)11(13,14)15/h2-8H2,1H3. The maximum atomic E-state index is 11.9. The molecular formula is C11H17BrF3NO2. The lowest BCUT2D eigenvalue weighted by Crippen LogP contribution is -2.28. The van der Waals surface area contributed by atoms with Crippen molar-refractivity contribution in [2.24, 2.45) is 0 Å². The van der Waals surface area contributed by atoms with Gasteiger partial charge < -0.3 is 4.90 Å². The molecule has 0 bridgehead atoms. The SMILES string of the molecule is CN(CCCCC(=O)C(F)(F)F)C(=O)CCCBr. The van der Waals surface area contributed by atoms with Gasteiger partial charge in [-0.2, -0.15) is 13.2 Å². The molecule has 7 heteroatoms. The van der Waals surface area contributed by atoms with Gasteiger partial charge in [-0.05, 0) is 19.3 Å². The summed E-state index contributed by atoms with van der Waals surface area (Å²) in [6, 6.07) is 0. The molecule has 0 aliphatic heterocycles. The molecule has 0 fully saturated rings. The van der Waals surface area contributed by atoms with E-state index in [0.29, 0.717) is 19.4 Å². The summed E-state index contributed by atoms with van der Waals surface area (Å²) in [4.78, 5) is 23.5. The Morgan fingerprint density at radius 1 is 1.11 bits per heavy atom. The minimum Gasteiger partial charge on any atom is -0.346 e. The molecule has 0 atom stereocenters.